The second kappa shape index (κ2) is 8.61. The Morgan fingerprint density at radius 3 is 1.62 bits per heavy atom. The molecule has 0 atom stereocenters. The minimum absolute atomic E-state index is 0.401. The van der Waals surface area contributed by atoms with Crippen LogP contribution in [-0.2, 0) is 4.79 Å². The number of carbonyl (C=O) groups is 1. The molecule has 1 rings (SSSR count). The number of nitrogens with two attached hydrogens (primary N) is 1. The Bertz CT molecular complexity index is 307. The Morgan fingerprint density at radius 1 is 0.905 bits per heavy atom. The minimum atomic E-state index is -4.33. The van der Waals surface area contributed by atoms with E-state index in [1.54, 1.807) is 0 Å². The van der Waals surface area contributed by atoms with Crippen molar-refractivity contribution in [3.05, 3.63) is 0 Å². The molecule has 0 aromatic rings. The summed E-state index contributed by atoms with van der Waals surface area (Å²) in [6.07, 6.45) is 5.57. The van der Waals surface area contributed by atoms with Gasteiger partial charge in [-0.2, -0.15) is 13.2 Å². The van der Waals surface area contributed by atoms with Crippen LogP contribution < -0.4 is 11.1 Å². The minimum Gasteiger partial charge on any atom is -0.368 e. The number of nitrogens with one attached hydrogen (secondary N) is 1. The van der Waals surface area contributed by atoms with E-state index in [9.17, 15) is 18.0 Å². The Kier molecular flexibility index (Phi) is 7.49. The van der Waals surface area contributed by atoms with Crippen LogP contribution in [0, 0.1) is 0 Å². The number of primary amides is 1. The van der Waals surface area contributed by atoms with Gasteiger partial charge in [0, 0.05) is 0 Å². The molecule has 0 aromatic carbocycles. The third kappa shape index (κ3) is 7.16. The maximum atomic E-state index is 12.5. The lowest BCUT2D eigenvalue weighted by Gasteiger charge is -2.33. The number of hydrogen-bond acceptors (Lipinski definition) is 2. The third-order valence-electron chi connectivity index (χ3n) is 4.31. The molecule has 0 aliphatic heterocycles. The van der Waals surface area contributed by atoms with E-state index in [2.05, 4.69) is 5.32 Å². The molecule has 1 amide bonds. The molecule has 21 heavy (non-hydrogen) atoms. The number of rotatable bonds is 3. The average Bonchev–Trinajstić information content (AvgIpc) is 2.37. The van der Waals surface area contributed by atoms with Crippen molar-refractivity contribution in [3.63, 3.8) is 0 Å². The second-order valence-corrected chi connectivity index (χ2v) is 6.10. The van der Waals surface area contributed by atoms with E-state index in [0.717, 1.165) is 38.5 Å². The van der Waals surface area contributed by atoms with Crippen LogP contribution in [0.3, 0.4) is 0 Å². The van der Waals surface area contributed by atoms with Crippen molar-refractivity contribution in [2.45, 2.75) is 82.3 Å². The van der Waals surface area contributed by atoms with E-state index in [0.29, 0.717) is 12.8 Å². The summed E-state index contributed by atoms with van der Waals surface area (Å²) in [7, 11) is 0. The van der Waals surface area contributed by atoms with Crippen molar-refractivity contribution in [1.82, 2.24) is 5.32 Å². The summed E-state index contributed by atoms with van der Waals surface area (Å²) >= 11 is 0. The lowest BCUT2D eigenvalue weighted by Crippen LogP contribution is -2.57. The van der Waals surface area contributed by atoms with Gasteiger partial charge in [-0.05, 0) is 12.8 Å². The molecule has 0 bridgehead atoms. The average molecular weight is 308 g/mol. The lowest BCUT2D eigenvalue weighted by atomic mass is 9.84. The summed E-state index contributed by atoms with van der Waals surface area (Å²) in [5, 5.41) is 2.43. The van der Waals surface area contributed by atoms with Crippen LogP contribution in [0.4, 0.5) is 13.2 Å². The first kappa shape index (κ1) is 18.3. The third-order valence-corrected chi connectivity index (χ3v) is 4.31. The fourth-order valence-electron chi connectivity index (χ4n) is 3.00. The second-order valence-electron chi connectivity index (χ2n) is 6.10. The first-order chi connectivity index (χ1) is 9.86. The van der Waals surface area contributed by atoms with Gasteiger partial charge in [-0.1, -0.05) is 57.8 Å². The first-order valence-electron chi connectivity index (χ1n) is 7.97. The Balaban J connectivity index is 2.70. The summed E-state index contributed by atoms with van der Waals surface area (Å²) < 4.78 is 37.4. The van der Waals surface area contributed by atoms with E-state index in [4.69, 9.17) is 5.73 Å². The maximum absolute atomic E-state index is 12.5. The van der Waals surface area contributed by atoms with Crippen LogP contribution in [0.5, 0.6) is 0 Å². The zero-order valence-electron chi connectivity index (χ0n) is 12.6. The van der Waals surface area contributed by atoms with Gasteiger partial charge in [0.15, 0.2) is 0 Å². The van der Waals surface area contributed by atoms with Gasteiger partial charge in [-0.25, -0.2) is 0 Å². The zero-order valence-corrected chi connectivity index (χ0v) is 12.6. The molecule has 1 aliphatic carbocycles. The van der Waals surface area contributed by atoms with Gasteiger partial charge in [-0.15, -0.1) is 0 Å². The van der Waals surface area contributed by atoms with E-state index in [-0.39, 0.29) is 0 Å². The predicted molar refractivity (Wildman–Crippen MR) is 76.8 cm³/mol. The lowest BCUT2D eigenvalue weighted by molar-refractivity contribution is -0.137. The maximum Gasteiger partial charge on any atom is 0.401 e. The van der Waals surface area contributed by atoms with E-state index in [1.165, 1.54) is 19.3 Å². The molecule has 3 N–H and O–H groups in total. The van der Waals surface area contributed by atoms with E-state index in [1.807, 2.05) is 0 Å². The van der Waals surface area contributed by atoms with Gasteiger partial charge in [-0.3, -0.25) is 10.1 Å². The summed E-state index contributed by atoms with van der Waals surface area (Å²) in [5.74, 6) is -0.649. The fourth-order valence-corrected chi connectivity index (χ4v) is 3.00. The molecule has 0 heterocycles. The Labute approximate surface area is 124 Å². The number of carbonyl (C=O) groups excluding carboxylic acids is 1. The monoisotopic (exact) mass is 308 g/mol. The first-order valence-corrected chi connectivity index (χ1v) is 7.97. The van der Waals surface area contributed by atoms with Crippen LogP contribution in [-0.4, -0.2) is 24.2 Å². The topological polar surface area (TPSA) is 55.1 Å². The number of alkyl halides is 3. The SMILES string of the molecule is NC(=O)C1(NCC(F)(F)F)CCCCCCCCCCC1. The molecular formula is C15H27F3N2O. The van der Waals surface area contributed by atoms with Crippen molar-refractivity contribution >= 4 is 5.91 Å². The predicted octanol–water partition coefficient (Wildman–Crippen LogP) is 3.67. The molecule has 0 spiro atoms. The molecule has 0 aromatic heterocycles. The van der Waals surface area contributed by atoms with Gasteiger partial charge < -0.3 is 5.73 Å². The quantitative estimate of drug-likeness (QED) is 0.836. The molecular weight excluding hydrogens is 281 g/mol. The zero-order chi connectivity index (χ0) is 15.8. The van der Waals surface area contributed by atoms with Crippen molar-refractivity contribution < 1.29 is 18.0 Å². The van der Waals surface area contributed by atoms with Gasteiger partial charge in [0.2, 0.25) is 5.91 Å². The van der Waals surface area contributed by atoms with Gasteiger partial charge in [0.1, 0.15) is 0 Å². The van der Waals surface area contributed by atoms with Crippen LogP contribution in [0.25, 0.3) is 0 Å². The summed E-state index contributed by atoms with van der Waals surface area (Å²) in [6.45, 7) is -1.16. The van der Waals surface area contributed by atoms with Gasteiger partial charge in [0.05, 0.1) is 12.1 Å². The van der Waals surface area contributed by atoms with Crippen LogP contribution in [0.15, 0.2) is 0 Å². The normalized spacial score (nSPS) is 22.0. The van der Waals surface area contributed by atoms with E-state index >= 15 is 0 Å². The fraction of sp³-hybridized carbons (Fsp3) is 0.933. The van der Waals surface area contributed by atoms with Crippen LogP contribution in [0.1, 0.15) is 70.6 Å². The Morgan fingerprint density at radius 2 is 1.29 bits per heavy atom. The highest BCUT2D eigenvalue weighted by atomic mass is 19.4. The highest BCUT2D eigenvalue weighted by molar-refractivity contribution is 5.84. The molecule has 0 unspecified atom stereocenters. The number of amides is 1. The summed E-state index contributed by atoms with van der Waals surface area (Å²) in [5.41, 5.74) is 4.24. The largest absolute Gasteiger partial charge is 0.401 e. The highest BCUT2D eigenvalue weighted by Gasteiger charge is 2.39. The van der Waals surface area contributed by atoms with Crippen LogP contribution in [0.2, 0.25) is 0 Å². The van der Waals surface area contributed by atoms with Gasteiger partial charge >= 0.3 is 6.18 Å². The standard InChI is InChI=1S/C15H27F3N2O/c16-15(17,18)12-20-14(13(19)21)10-8-6-4-2-1-3-5-7-9-11-14/h20H,1-12H2,(H2,19,21). The molecule has 6 heteroatoms. The molecule has 3 nitrogen and oxygen atoms in total. The smallest absolute Gasteiger partial charge is 0.368 e. The summed E-state index contributed by atoms with van der Waals surface area (Å²) in [6, 6.07) is 0. The van der Waals surface area contributed by atoms with Crippen molar-refractivity contribution in [1.29, 1.82) is 0 Å². The number of hydrogen-bond donors (Lipinski definition) is 2. The summed E-state index contributed by atoms with van der Waals surface area (Å²) in [4.78, 5) is 11.8. The highest BCUT2D eigenvalue weighted by Crippen LogP contribution is 2.26. The molecule has 0 saturated heterocycles. The molecule has 1 saturated carbocycles. The molecule has 1 fully saturated rings. The number of halogens is 3. The van der Waals surface area contributed by atoms with Crippen LogP contribution >= 0.6 is 0 Å². The molecule has 1 aliphatic rings. The molecule has 124 valence electrons. The van der Waals surface area contributed by atoms with E-state index < -0.39 is 24.2 Å². The molecule has 0 radical (unpaired) electrons. The van der Waals surface area contributed by atoms with Crippen molar-refractivity contribution in [2.75, 3.05) is 6.54 Å². The van der Waals surface area contributed by atoms with Gasteiger partial charge in [0.25, 0.3) is 0 Å². The van der Waals surface area contributed by atoms with Crippen molar-refractivity contribution in [2.24, 2.45) is 5.73 Å². The Hall–Kier alpha value is -0.780. The van der Waals surface area contributed by atoms with Crippen molar-refractivity contribution in [3.8, 4) is 0 Å².